The number of hydrogen-bond donors (Lipinski definition) is 0. The minimum Gasteiger partial charge on any atom is -0.490 e. The van der Waals surface area contributed by atoms with Gasteiger partial charge in [-0.05, 0) is 52.7 Å². The number of rotatable bonds is 5. The van der Waals surface area contributed by atoms with Gasteiger partial charge >= 0.3 is 0 Å². The highest BCUT2D eigenvalue weighted by Crippen LogP contribution is 2.42. The van der Waals surface area contributed by atoms with Crippen molar-refractivity contribution in [1.29, 1.82) is 0 Å². The highest BCUT2D eigenvalue weighted by atomic mass is 32.2. The zero-order valence-corrected chi connectivity index (χ0v) is 17.7. The first-order valence-electron chi connectivity index (χ1n) is 9.95. The molecule has 4 heterocycles. The quantitative estimate of drug-likeness (QED) is 0.765. The topological polar surface area (TPSA) is 77.3 Å². The molecule has 2 unspecified atom stereocenters. The van der Waals surface area contributed by atoms with Gasteiger partial charge in [-0.1, -0.05) is 0 Å². The van der Waals surface area contributed by atoms with Gasteiger partial charge in [-0.2, -0.15) is 9.40 Å². The Morgan fingerprint density at radius 3 is 2.25 bits per heavy atom. The second-order valence-corrected chi connectivity index (χ2v) is 9.93. The first-order valence-corrected chi connectivity index (χ1v) is 11.4. The van der Waals surface area contributed by atoms with Crippen LogP contribution in [-0.4, -0.2) is 45.7 Å². The molecule has 7 nitrogen and oxygen atoms in total. The summed E-state index contributed by atoms with van der Waals surface area (Å²) in [6.45, 7) is 7.68. The van der Waals surface area contributed by atoms with Crippen molar-refractivity contribution in [2.45, 2.75) is 82.5 Å². The lowest BCUT2D eigenvalue weighted by Gasteiger charge is -2.37. The predicted octanol–water partition coefficient (Wildman–Crippen LogP) is 3.24. The summed E-state index contributed by atoms with van der Waals surface area (Å²) >= 11 is 0. The maximum absolute atomic E-state index is 13.6. The van der Waals surface area contributed by atoms with Crippen molar-refractivity contribution >= 4 is 10.0 Å². The molecule has 2 atom stereocenters. The molecular weight excluding hydrogens is 376 g/mol. The minimum atomic E-state index is -3.58. The van der Waals surface area contributed by atoms with Gasteiger partial charge in [0.2, 0.25) is 10.0 Å². The number of sulfonamides is 1. The van der Waals surface area contributed by atoms with E-state index in [0.717, 1.165) is 24.3 Å². The molecule has 0 N–H and O–H groups in total. The average molecular weight is 405 g/mol. The standard InChI is InChI=1S/C20H28N4O3S/c1-13(2)23-15(4)20(14(3)22-23)28(25,26)24-16-5-6-17(24)12-19(11-16)27-18-7-9-21-10-8-18/h7-10,13,16-17,19H,5-6,11-12H2,1-4H3. The fraction of sp³-hybridized carbons (Fsp3) is 0.600. The van der Waals surface area contributed by atoms with Gasteiger partial charge in [0.05, 0.1) is 11.4 Å². The molecule has 0 spiro atoms. The summed E-state index contributed by atoms with van der Waals surface area (Å²) in [5.74, 6) is 0.792. The second-order valence-electron chi connectivity index (χ2n) is 8.15. The van der Waals surface area contributed by atoms with Crippen LogP contribution in [0, 0.1) is 13.8 Å². The van der Waals surface area contributed by atoms with Crippen LogP contribution < -0.4 is 4.74 Å². The van der Waals surface area contributed by atoms with E-state index in [4.69, 9.17) is 4.74 Å². The molecule has 2 aliphatic rings. The predicted molar refractivity (Wildman–Crippen MR) is 106 cm³/mol. The molecule has 2 fully saturated rings. The number of hydrogen-bond acceptors (Lipinski definition) is 5. The largest absolute Gasteiger partial charge is 0.490 e. The molecule has 8 heteroatoms. The van der Waals surface area contributed by atoms with Crippen LogP contribution in [0.3, 0.4) is 0 Å². The highest BCUT2D eigenvalue weighted by molar-refractivity contribution is 7.89. The Bertz CT molecular complexity index is 941. The monoisotopic (exact) mass is 404 g/mol. The van der Waals surface area contributed by atoms with Gasteiger partial charge in [-0.3, -0.25) is 9.67 Å². The van der Waals surface area contributed by atoms with Gasteiger partial charge in [0.15, 0.2) is 0 Å². The van der Waals surface area contributed by atoms with E-state index in [2.05, 4.69) is 10.1 Å². The number of piperidine rings is 1. The van der Waals surface area contributed by atoms with Crippen molar-refractivity contribution < 1.29 is 13.2 Å². The normalized spacial score (nSPS) is 25.4. The number of fused-ring (bicyclic) bond motifs is 2. The van der Waals surface area contributed by atoms with E-state index in [1.807, 2.05) is 37.6 Å². The van der Waals surface area contributed by atoms with Crippen molar-refractivity contribution in [3.8, 4) is 5.75 Å². The van der Waals surface area contributed by atoms with Gasteiger partial charge in [-0.15, -0.1) is 0 Å². The molecule has 2 aromatic rings. The molecule has 2 bridgehead atoms. The van der Waals surface area contributed by atoms with Gasteiger partial charge in [0.25, 0.3) is 0 Å². The Morgan fingerprint density at radius 1 is 1.11 bits per heavy atom. The lowest BCUT2D eigenvalue weighted by atomic mass is 10.0. The molecule has 4 rings (SSSR count). The molecule has 2 saturated heterocycles. The van der Waals surface area contributed by atoms with Crippen molar-refractivity contribution in [1.82, 2.24) is 19.1 Å². The van der Waals surface area contributed by atoms with Crippen LogP contribution >= 0.6 is 0 Å². The lowest BCUT2D eigenvalue weighted by molar-refractivity contribution is 0.0955. The molecule has 2 aromatic heterocycles. The summed E-state index contributed by atoms with van der Waals surface area (Å²) in [6.07, 6.45) is 6.66. The van der Waals surface area contributed by atoms with Crippen molar-refractivity contribution in [3.05, 3.63) is 35.9 Å². The Balaban J connectivity index is 1.59. The first kappa shape index (κ1) is 19.4. The zero-order valence-electron chi connectivity index (χ0n) is 16.9. The van der Waals surface area contributed by atoms with E-state index in [-0.39, 0.29) is 24.2 Å². The number of pyridine rings is 1. The second kappa shape index (κ2) is 7.15. The van der Waals surface area contributed by atoms with Gasteiger partial charge in [0.1, 0.15) is 16.7 Å². The third-order valence-electron chi connectivity index (χ3n) is 5.86. The summed E-state index contributed by atoms with van der Waals surface area (Å²) in [5.41, 5.74) is 1.31. The zero-order chi connectivity index (χ0) is 20.1. The van der Waals surface area contributed by atoms with Crippen molar-refractivity contribution in [2.75, 3.05) is 0 Å². The molecule has 0 aromatic carbocycles. The molecule has 28 heavy (non-hydrogen) atoms. The van der Waals surface area contributed by atoms with E-state index < -0.39 is 10.0 Å². The van der Waals surface area contributed by atoms with E-state index in [9.17, 15) is 8.42 Å². The summed E-state index contributed by atoms with van der Waals surface area (Å²) in [7, 11) is -3.58. The summed E-state index contributed by atoms with van der Waals surface area (Å²) in [4.78, 5) is 4.40. The van der Waals surface area contributed by atoms with E-state index >= 15 is 0 Å². The Morgan fingerprint density at radius 2 is 1.71 bits per heavy atom. The summed E-state index contributed by atoms with van der Waals surface area (Å²) < 4.78 is 36.9. The fourth-order valence-corrected chi connectivity index (χ4v) is 7.07. The van der Waals surface area contributed by atoms with E-state index in [1.165, 1.54) is 0 Å². The van der Waals surface area contributed by atoms with Crippen LogP contribution in [-0.2, 0) is 10.0 Å². The molecule has 0 amide bonds. The molecule has 0 radical (unpaired) electrons. The van der Waals surface area contributed by atoms with Crippen LogP contribution in [0.4, 0.5) is 0 Å². The molecule has 152 valence electrons. The SMILES string of the molecule is Cc1nn(C(C)C)c(C)c1S(=O)(=O)N1C2CCC1CC(Oc1ccncc1)C2. The van der Waals surface area contributed by atoms with Crippen molar-refractivity contribution in [3.63, 3.8) is 0 Å². The van der Waals surface area contributed by atoms with Gasteiger partial charge in [-0.25, -0.2) is 8.42 Å². The first-order chi connectivity index (χ1) is 13.3. The van der Waals surface area contributed by atoms with Gasteiger partial charge in [0, 0.05) is 43.4 Å². The maximum atomic E-state index is 13.6. The average Bonchev–Trinajstić information content (AvgIpc) is 3.10. The molecular formula is C20H28N4O3S. The van der Waals surface area contributed by atoms with Gasteiger partial charge < -0.3 is 4.74 Å². The molecule has 0 saturated carbocycles. The van der Waals surface area contributed by atoms with Crippen LogP contribution in [0.5, 0.6) is 5.75 Å². The Labute approximate surface area is 166 Å². The highest BCUT2D eigenvalue weighted by Gasteiger charge is 2.49. The number of nitrogens with zero attached hydrogens (tertiary/aromatic N) is 4. The maximum Gasteiger partial charge on any atom is 0.247 e. The number of aromatic nitrogens is 3. The van der Waals surface area contributed by atoms with Crippen molar-refractivity contribution in [2.24, 2.45) is 0 Å². The van der Waals surface area contributed by atoms with Crippen LogP contribution in [0.1, 0.15) is 57.0 Å². The van der Waals surface area contributed by atoms with Crippen LogP contribution in [0.25, 0.3) is 0 Å². The summed E-state index contributed by atoms with van der Waals surface area (Å²) in [6, 6.07) is 3.78. The lowest BCUT2D eigenvalue weighted by Crippen LogP contribution is -2.49. The Kier molecular flexibility index (Phi) is 4.95. The minimum absolute atomic E-state index is 0.0169. The third kappa shape index (κ3) is 3.22. The number of aryl methyl sites for hydroxylation is 1. The fourth-order valence-electron chi connectivity index (χ4n) is 4.81. The van der Waals surface area contributed by atoms with E-state index in [1.54, 1.807) is 23.6 Å². The Hall–Kier alpha value is -1.93. The third-order valence-corrected chi connectivity index (χ3v) is 8.12. The number of ether oxygens (including phenoxy) is 1. The van der Waals surface area contributed by atoms with Crippen LogP contribution in [0.2, 0.25) is 0 Å². The summed E-state index contributed by atoms with van der Waals surface area (Å²) in [5, 5.41) is 4.49. The van der Waals surface area contributed by atoms with E-state index in [0.29, 0.717) is 23.4 Å². The molecule has 0 aliphatic carbocycles. The smallest absolute Gasteiger partial charge is 0.247 e. The molecule has 2 aliphatic heterocycles. The van der Waals surface area contributed by atoms with Crippen LogP contribution in [0.15, 0.2) is 29.4 Å².